The number of rotatable bonds is 5. The number of fused-ring (bicyclic) bond motifs is 1. The van der Waals surface area contributed by atoms with Gasteiger partial charge in [0.25, 0.3) is 0 Å². The lowest BCUT2D eigenvalue weighted by atomic mass is 10.0. The number of aromatic amines is 1. The van der Waals surface area contributed by atoms with Gasteiger partial charge in [-0.3, -0.25) is 4.79 Å². The van der Waals surface area contributed by atoms with Crippen molar-refractivity contribution in [2.24, 2.45) is 0 Å². The molecule has 2 heterocycles. The van der Waals surface area contributed by atoms with E-state index in [2.05, 4.69) is 21.2 Å². The Kier molecular flexibility index (Phi) is 4.70. The third-order valence-corrected chi connectivity index (χ3v) is 4.85. The van der Waals surface area contributed by atoms with Crippen molar-refractivity contribution < 1.29 is 14.3 Å². The van der Waals surface area contributed by atoms with E-state index in [1.54, 1.807) is 14.2 Å². The fraction of sp³-hybridized carbons (Fsp3) is 0.250. The maximum atomic E-state index is 12.6. The highest BCUT2D eigenvalue weighted by Gasteiger charge is 2.30. The van der Waals surface area contributed by atoms with Crippen molar-refractivity contribution in [2.45, 2.75) is 18.5 Å². The molecule has 4 N–H and O–H groups in total. The Morgan fingerprint density at radius 2 is 1.89 bits per heavy atom. The van der Waals surface area contributed by atoms with Crippen LogP contribution in [0.25, 0.3) is 10.9 Å². The standard InChI is InChI=1S/C20H22N4O3/c1-26-18-6-3-12(10-19(18)27-2)16-11-17(24-23-16)20(25)22-14-4-5-15-13(9-14)7-8-21-15/h3-10,16-17,21,23-24H,11H2,1-2H3,(H,22,25). The predicted octanol–water partition coefficient (Wildman–Crippen LogP) is 2.73. The second-order valence-electron chi connectivity index (χ2n) is 6.51. The van der Waals surface area contributed by atoms with Crippen molar-refractivity contribution in [1.29, 1.82) is 0 Å². The molecule has 1 aliphatic heterocycles. The summed E-state index contributed by atoms with van der Waals surface area (Å²) in [6.45, 7) is 0. The monoisotopic (exact) mass is 366 g/mol. The summed E-state index contributed by atoms with van der Waals surface area (Å²) in [5.74, 6) is 1.28. The minimum absolute atomic E-state index is 0.00714. The number of methoxy groups -OCH3 is 2. The Morgan fingerprint density at radius 1 is 1.04 bits per heavy atom. The zero-order valence-electron chi connectivity index (χ0n) is 15.2. The van der Waals surface area contributed by atoms with E-state index in [9.17, 15) is 4.79 Å². The van der Waals surface area contributed by atoms with E-state index in [1.807, 2.05) is 48.7 Å². The minimum Gasteiger partial charge on any atom is -0.493 e. The molecule has 27 heavy (non-hydrogen) atoms. The number of hydrogen-bond donors (Lipinski definition) is 4. The molecule has 140 valence electrons. The molecular formula is C20H22N4O3. The zero-order valence-corrected chi connectivity index (χ0v) is 15.2. The molecule has 0 aliphatic carbocycles. The number of carbonyl (C=O) groups is 1. The highest BCUT2D eigenvalue weighted by molar-refractivity contribution is 5.97. The molecule has 1 amide bonds. The molecule has 2 atom stereocenters. The molecule has 4 rings (SSSR count). The Hall–Kier alpha value is -3.03. The van der Waals surface area contributed by atoms with Gasteiger partial charge in [0.2, 0.25) is 5.91 Å². The topological polar surface area (TPSA) is 87.4 Å². The van der Waals surface area contributed by atoms with E-state index in [0.29, 0.717) is 17.9 Å². The van der Waals surface area contributed by atoms with E-state index in [-0.39, 0.29) is 18.0 Å². The van der Waals surface area contributed by atoms with Crippen molar-refractivity contribution in [3.8, 4) is 11.5 Å². The van der Waals surface area contributed by atoms with Crippen molar-refractivity contribution in [1.82, 2.24) is 15.8 Å². The molecule has 2 unspecified atom stereocenters. The highest BCUT2D eigenvalue weighted by Crippen LogP contribution is 2.32. The van der Waals surface area contributed by atoms with Crippen molar-refractivity contribution in [3.63, 3.8) is 0 Å². The number of carbonyl (C=O) groups excluding carboxylic acids is 1. The lowest BCUT2D eigenvalue weighted by Crippen LogP contribution is -2.39. The third kappa shape index (κ3) is 3.47. The number of ether oxygens (including phenoxy) is 2. The van der Waals surface area contributed by atoms with Crippen molar-refractivity contribution in [3.05, 3.63) is 54.2 Å². The highest BCUT2D eigenvalue weighted by atomic mass is 16.5. The summed E-state index contributed by atoms with van der Waals surface area (Å²) in [6, 6.07) is 13.2. The summed E-state index contributed by atoms with van der Waals surface area (Å²) in [4.78, 5) is 15.8. The summed E-state index contributed by atoms with van der Waals surface area (Å²) >= 11 is 0. The lowest BCUT2D eigenvalue weighted by molar-refractivity contribution is -0.117. The average molecular weight is 366 g/mol. The summed E-state index contributed by atoms with van der Waals surface area (Å²) < 4.78 is 10.6. The Labute approximate surface area is 157 Å². The maximum absolute atomic E-state index is 12.6. The fourth-order valence-electron chi connectivity index (χ4n) is 3.38. The maximum Gasteiger partial charge on any atom is 0.242 e. The molecule has 2 aromatic carbocycles. The number of hydrogen-bond acceptors (Lipinski definition) is 5. The van der Waals surface area contributed by atoms with Crippen LogP contribution in [-0.4, -0.2) is 31.2 Å². The third-order valence-electron chi connectivity index (χ3n) is 4.85. The Balaban J connectivity index is 1.43. The Bertz CT molecular complexity index is 969. The van der Waals surface area contributed by atoms with Crippen molar-refractivity contribution >= 4 is 22.5 Å². The molecule has 7 heteroatoms. The van der Waals surface area contributed by atoms with Crippen LogP contribution in [0.3, 0.4) is 0 Å². The normalized spacial score (nSPS) is 19.2. The predicted molar refractivity (Wildman–Crippen MR) is 104 cm³/mol. The molecule has 1 saturated heterocycles. The van der Waals surface area contributed by atoms with Crippen LogP contribution in [0.2, 0.25) is 0 Å². The van der Waals surface area contributed by atoms with Crippen LogP contribution in [0.15, 0.2) is 48.7 Å². The zero-order chi connectivity index (χ0) is 18.8. The molecule has 0 radical (unpaired) electrons. The van der Waals surface area contributed by atoms with E-state index >= 15 is 0 Å². The molecule has 0 spiro atoms. The van der Waals surface area contributed by atoms with Crippen LogP contribution in [0.4, 0.5) is 5.69 Å². The number of benzene rings is 2. The van der Waals surface area contributed by atoms with Gasteiger partial charge in [-0.05, 0) is 48.4 Å². The molecule has 7 nitrogen and oxygen atoms in total. The fourth-order valence-corrected chi connectivity index (χ4v) is 3.38. The number of aromatic nitrogens is 1. The molecule has 0 saturated carbocycles. The first-order chi connectivity index (χ1) is 13.2. The average Bonchev–Trinajstić information content (AvgIpc) is 3.36. The first kappa shape index (κ1) is 17.4. The number of hydrazine groups is 1. The number of amides is 1. The summed E-state index contributed by atoms with van der Waals surface area (Å²) in [5.41, 5.74) is 9.13. The van der Waals surface area contributed by atoms with Crippen LogP contribution in [0, 0.1) is 0 Å². The van der Waals surface area contributed by atoms with Gasteiger partial charge in [0, 0.05) is 28.8 Å². The summed E-state index contributed by atoms with van der Waals surface area (Å²) in [5, 5.41) is 4.04. The van der Waals surface area contributed by atoms with Gasteiger partial charge in [-0.1, -0.05) is 6.07 Å². The van der Waals surface area contributed by atoms with Gasteiger partial charge in [0.1, 0.15) is 6.04 Å². The van der Waals surface area contributed by atoms with Gasteiger partial charge in [-0.25, -0.2) is 10.9 Å². The van der Waals surface area contributed by atoms with Gasteiger partial charge < -0.3 is 19.8 Å². The second-order valence-corrected chi connectivity index (χ2v) is 6.51. The minimum atomic E-state index is -0.329. The molecule has 1 aliphatic rings. The SMILES string of the molecule is COc1ccc(C2CC(C(=O)Nc3ccc4[nH]ccc4c3)NN2)cc1OC. The van der Waals surface area contributed by atoms with E-state index in [1.165, 1.54) is 0 Å². The van der Waals surface area contributed by atoms with E-state index < -0.39 is 0 Å². The summed E-state index contributed by atoms with van der Waals surface area (Å²) in [6.07, 6.45) is 2.51. The lowest BCUT2D eigenvalue weighted by Gasteiger charge is -2.13. The van der Waals surface area contributed by atoms with Gasteiger partial charge in [-0.15, -0.1) is 0 Å². The molecule has 1 aromatic heterocycles. The molecule has 1 fully saturated rings. The van der Waals surface area contributed by atoms with Gasteiger partial charge >= 0.3 is 0 Å². The van der Waals surface area contributed by atoms with Crippen LogP contribution in [0.1, 0.15) is 18.0 Å². The van der Waals surface area contributed by atoms with Crippen LogP contribution in [0.5, 0.6) is 11.5 Å². The van der Waals surface area contributed by atoms with Crippen molar-refractivity contribution in [2.75, 3.05) is 19.5 Å². The van der Waals surface area contributed by atoms with Crippen LogP contribution >= 0.6 is 0 Å². The number of nitrogens with one attached hydrogen (secondary N) is 4. The largest absolute Gasteiger partial charge is 0.493 e. The quantitative estimate of drug-likeness (QED) is 0.558. The molecule has 3 aromatic rings. The van der Waals surface area contributed by atoms with Gasteiger partial charge in [0.15, 0.2) is 11.5 Å². The van der Waals surface area contributed by atoms with Crippen LogP contribution < -0.4 is 25.6 Å². The Morgan fingerprint density at radius 3 is 2.70 bits per heavy atom. The molecular weight excluding hydrogens is 344 g/mol. The summed E-state index contributed by atoms with van der Waals surface area (Å²) in [7, 11) is 3.22. The second kappa shape index (κ2) is 7.30. The van der Waals surface area contributed by atoms with Crippen LogP contribution in [-0.2, 0) is 4.79 Å². The van der Waals surface area contributed by atoms with Gasteiger partial charge in [0.05, 0.1) is 14.2 Å². The van der Waals surface area contributed by atoms with Gasteiger partial charge in [-0.2, -0.15) is 0 Å². The first-order valence-electron chi connectivity index (χ1n) is 8.79. The first-order valence-corrected chi connectivity index (χ1v) is 8.79. The number of H-pyrrole nitrogens is 1. The van der Waals surface area contributed by atoms with E-state index in [4.69, 9.17) is 9.47 Å². The van der Waals surface area contributed by atoms with E-state index in [0.717, 1.165) is 22.2 Å². The smallest absolute Gasteiger partial charge is 0.242 e. The molecule has 0 bridgehead atoms. The number of anilines is 1.